The van der Waals surface area contributed by atoms with Crippen LogP contribution in [0.4, 0.5) is 5.82 Å². The van der Waals surface area contributed by atoms with Crippen LogP contribution in [0.2, 0.25) is 10.0 Å². The van der Waals surface area contributed by atoms with Crippen molar-refractivity contribution in [2.45, 2.75) is 12.3 Å². The quantitative estimate of drug-likeness (QED) is 0.292. The third kappa shape index (κ3) is 5.50. The molecule has 1 aromatic heterocycles. The lowest BCUT2D eigenvalue weighted by atomic mass is 9.93. The molecule has 0 bridgehead atoms. The maximum atomic E-state index is 12.7. The highest BCUT2D eigenvalue weighted by Gasteiger charge is 2.29. The van der Waals surface area contributed by atoms with Gasteiger partial charge in [0.2, 0.25) is 0 Å². The number of fused-ring (bicyclic) bond motifs is 1. The number of hydrogen-bond donors (Lipinski definition) is 2. The molecule has 1 amide bonds. The van der Waals surface area contributed by atoms with Crippen LogP contribution in [0, 0.1) is 0 Å². The number of carbonyl (C=O) groups is 2. The minimum atomic E-state index is -0.924. The van der Waals surface area contributed by atoms with Gasteiger partial charge in [-0.15, -0.1) is 10.2 Å². The van der Waals surface area contributed by atoms with Crippen LogP contribution < -0.4 is 14.8 Å². The molecule has 0 saturated carbocycles. The van der Waals surface area contributed by atoms with Crippen LogP contribution in [-0.4, -0.2) is 33.8 Å². The van der Waals surface area contributed by atoms with E-state index in [0.717, 1.165) is 5.56 Å². The van der Waals surface area contributed by atoms with Crippen LogP contribution in [0.1, 0.15) is 28.3 Å². The molecular weight excluding hydrogens is 517 g/mol. The highest BCUT2D eigenvalue weighted by Crippen LogP contribution is 2.41. The molecule has 37 heavy (non-hydrogen) atoms. The third-order valence-corrected chi connectivity index (χ3v) is 6.34. The van der Waals surface area contributed by atoms with Gasteiger partial charge in [0, 0.05) is 27.8 Å². The standard InChI is InChI=1S/C27H19Cl2N3O5/c28-17-5-1-15(2-6-17)22-9-10-25(32-31-22)30-26(33)16-3-7-18(8-4-16)37-24-14-23-20(13-21(24)29)19(27(34)35)11-12-36-23/h1-10,13-14,19H,11-12H2,(H,34,35)(H,30,32,33). The molecule has 0 aliphatic carbocycles. The summed E-state index contributed by atoms with van der Waals surface area (Å²) in [7, 11) is 0. The lowest BCUT2D eigenvalue weighted by Gasteiger charge is -2.24. The first-order valence-corrected chi connectivity index (χ1v) is 12.0. The number of ether oxygens (including phenoxy) is 2. The van der Waals surface area contributed by atoms with Crippen LogP contribution in [0.15, 0.2) is 72.8 Å². The number of aromatic nitrogens is 2. The SMILES string of the molecule is O=C(Nc1ccc(-c2ccc(Cl)cc2)nn1)c1ccc(Oc2cc3c(cc2Cl)C(C(=O)O)CCO3)cc1. The fourth-order valence-electron chi connectivity index (χ4n) is 3.89. The van der Waals surface area contributed by atoms with E-state index in [0.29, 0.717) is 57.9 Å². The first kappa shape index (κ1) is 24.5. The van der Waals surface area contributed by atoms with Crippen molar-refractivity contribution >= 4 is 40.9 Å². The van der Waals surface area contributed by atoms with Gasteiger partial charge >= 0.3 is 5.97 Å². The molecule has 0 radical (unpaired) electrons. The van der Waals surface area contributed by atoms with Gasteiger partial charge in [-0.05, 0) is 61.0 Å². The summed E-state index contributed by atoms with van der Waals surface area (Å²) in [5, 5.41) is 21.3. The molecule has 2 N–H and O–H groups in total. The van der Waals surface area contributed by atoms with Crippen molar-refractivity contribution in [3.05, 3.63) is 94.0 Å². The number of carbonyl (C=O) groups excluding carboxylic acids is 1. The lowest BCUT2D eigenvalue weighted by Crippen LogP contribution is -2.20. The van der Waals surface area contributed by atoms with Gasteiger partial charge in [0.1, 0.15) is 17.2 Å². The highest BCUT2D eigenvalue weighted by atomic mass is 35.5. The molecule has 5 rings (SSSR count). The Morgan fingerprint density at radius 2 is 1.73 bits per heavy atom. The molecule has 0 saturated heterocycles. The maximum Gasteiger partial charge on any atom is 0.311 e. The number of benzene rings is 3. The van der Waals surface area contributed by atoms with Crippen molar-refractivity contribution in [3.8, 4) is 28.5 Å². The predicted octanol–water partition coefficient (Wildman–Crippen LogP) is 6.45. The fourth-order valence-corrected chi connectivity index (χ4v) is 4.22. The average Bonchev–Trinajstić information content (AvgIpc) is 2.90. The zero-order valence-corrected chi connectivity index (χ0v) is 20.7. The average molecular weight is 536 g/mol. The summed E-state index contributed by atoms with van der Waals surface area (Å²) in [6.07, 6.45) is 0.375. The monoisotopic (exact) mass is 535 g/mol. The molecule has 1 unspecified atom stereocenters. The number of aliphatic carboxylic acids is 1. The number of carboxylic acid groups (broad SMARTS) is 1. The van der Waals surface area contributed by atoms with Crippen molar-refractivity contribution in [1.29, 1.82) is 0 Å². The summed E-state index contributed by atoms with van der Waals surface area (Å²) >= 11 is 12.3. The number of hydrogen-bond acceptors (Lipinski definition) is 6. The second-order valence-electron chi connectivity index (χ2n) is 8.24. The summed E-state index contributed by atoms with van der Waals surface area (Å²) in [6.45, 7) is 0.295. The Kier molecular flexibility index (Phi) is 6.94. The smallest absolute Gasteiger partial charge is 0.311 e. The molecule has 3 aromatic carbocycles. The molecule has 4 aromatic rings. The lowest BCUT2D eigenvalue weighted by molar-refractivity contribution is -0.139. The third-order valence-electron chi connectivity index (χ3n) is 5.79. The number of rotatable bonds is 6. The van der Waals surface area contributed by atoms with Gasteiger partial charge in [-0.3, -0.25) is 9.59 Å². The number of nitrogens with zero attached hydrogens (tertiary/aromatic N) is 2. The minimum Gasteiger partial charge on any atom is -0.493 e. The van der Waals surface area contributed by atoms with E-state index in [1.54, 1.807) is 60.7 Å². The predicted molar refractivity (Wildman–Crippen MR) is 139 cm³/mol. The molecule has 186 valence electrons. The Balaban J connectivity index is 1.25. The Morgan fingerprint density at radius 1 is 0.973 bits per heavy atom. The van der Waals surface area contributed by atoms with Gasteiger partial charge in [0.15, 0.2) is 5.82 Å². The molecule has 1 atom stereocenters. The zero-order chi connectivity index (χ0) is 25.9. The number of carboxylic acids is 1. The summed E-state index contributed by atoms with van der Waals surface area (Å²) in [5.74, 6) is -0.463. The molecule has 1 aliphatic rings. The normalized spacial score (nSPS) is 14.3. The van der Waals surface area contributed by atoms with Crippen LogP contribution in [0.25, 0.3) is 11.3 Å². The maximum absolute atomic E-state index is 12.7. The second kappa shape index (κ2) is 10.5. The zero-order valence-electron chi connectivity index (χ0n) is 19.2. The summed E-state index contributed by atoms with van der Waals surface area (Å²) in [5.41, 5.74) is 2.42. The molecule has 0 fully saturated rings. The van der Waals surface area contributed by atoms with Gasteiger partial charge in [-0.2, -0.15) is 0 Å². The molecule has 2 heterocycles. The number of amides is 1. The first-order chi connectivity index (χ1) is 17.9. The fraction of sp³-hybridized carbons (Fsp3) is 0.111. The Bertz CT molecular complexity index is 1460. The second-order valence-corrected chi connectivity index (χ2v) is 9.08. The van der Waals surface area contributed by atoms with Crippen molar-refractivity contribution in [2.75, 3.05) is 11.9 Å². The Hall–Kier alpha value is -4.14. The van der Waals surface area contributed by atoms with E-state index in [9.17, 15) is 14.7 Å². The van der Waals surface area contributed by atoms with Crippen LogP contribution >= 0.6 is 23.2 Å². The van der Waals surface area contributed by atoms with E-state index in [-0.39, 0.29) is 10.9 Å². The van der Waals surface area contributed by atoms with Crippen LogP contribution in [0.5, 0.6) is 17.2 Å². The first-order valence-electron chi connectivity index (χ1n) is 11.3. The number of anilines is 1. The largest absolute Gasteiger partial charge is 0.493 e. The number of halogens is 2. The van der Waals surface area contributed by atoms with Crippen LogP contribution in [-0.2, 0) is 4.79 Å². The van der Waals surface area contributed by atoms with Gasteiger partial charge < -0.3 is 19.9 Å². The highest BCUT2D eigenvalue weighted by molar-refractivity contribution is 6.32. The van der Waals surface area contributed by atoms with E-state index in [2.05, 4.69) is 15.5 Å². The molecule has 10 heteroatoms. The summed E-state index contributed by atoms with van der Waals surface area (Å²) < 4.78 is 11.5. The molecule has 1 aliphatic heterocycles. The van der Waals surface area contributed by atoms with E-state index in [1.807, 2.05) is 12.1 Å². The van der Waals surface area contributed by atoms with Crippen LogP contribution in [0.3, 0.4) is 0 Å². The van der Waals surface area contributed by atoms with E-state index in [1.165, 1.54) is 0 Å². The molecule has 0 spiro atoms. The summed E-state index contributed by atoms with van der Waals surface area (Å²) in [4.78, 5) is 24.2. The van der Waals surface area contributed by atoms with Gasteiger partial charge in [-0.1, -0.05) is 35.3 Å². The molecular formula is C27H19Cl2N3O5. The van der Waals surface area contributed by atoms with Gasteiger partial charge in [0.05, 0.1) is 23.2 Å². The van der Waals surface area contributed by atoms with Crippen molar-refractivity contribution in [1.82, 2.24) is 10.2 Å². The van der Waals surface area contributed by atoms with E-state index in [4.69, 9.17) is 32.7 Å². The summed E-state index contributed by atoms with van der Waals surface area (Å²) in [6, 6.07) is 20.2. The Labute approximate surface area is 221 Å². The van der Waals surface area contributed by atoms with E-state index >= 15 is 0 Å². The minimum absolute atomic E-state index is 0.262. The van der Waals surface area contributed by atoms with Crippen molar-refractivity contribution < 1.29 is 24.2 Å². The van der Waals surface area contributed by atoms with Crippen molar-refractivity contribution in [2.24, 2.45) is 0 Å². The van der Waals surface area contributed by atoms with E-state index < -0.39 is 11.9 Å². The number of nitrogens with one attached hydrogen (secondary N) is 1. The molecule has 8 nitrogen and oxygen atoms in total. The van der Waals surface area contributed by atoms with Crippen molar-refractivity contribution in [3.63, 3.8) is 0 Å². The van der Waals surface area contributed by atoms with Gasteiger partial charge in [-0.25, -0.2) is 0 Å². The topological polar surface area (TPSA) is 111 Å². The van der Waals surface area contributed by atoms with Gasteiger partial charge in [0.25, 0.3) is 5.91 Å². The Morgan fingerprint density at radius 3 is 2.41 bits per heavy atom.